The number of rotatable bonds is 4. The first-order chi connectivity index (χ1) is 9.90. The van der Waals surface area contributed by atoms with Crippen molar-refractivity contribution >= 4 is 23.1 Å². The van der Waals surface area contributed by atoms with E-state index in [1.807, 2.05) is 6.07 Å². The Labute approximate surface area is 127 Å². The maximum atomic E-state index is 11.7. The van der Waals surface area contributed by atoms with Gasteiger partial charge in [0.2, 0.25) is 11.4 Å². The summed E-state index contributed by atoms with van der Waals surface area (Å²) < 4.78 is 10.0. The minimum Gasteiger partial charge on any atom is -0.479 e. The molecule has 0 bridgehead atoms. The number of halogens is 1. The number of benzene rings is 1. The van der Waals surface area contributed by atoms with Gasteiger partial charge in [0.1, 0.15) is 0 Å². The molecule has 5 nitrogen and oxygen atoms in total. The molecule has 1 aromatic rings. The van der Waals surface area contributed by atoms with E-state index in [4.69, 9.17) is 21.1 Å². The predicted molar refractivity (Wildman–Crippen MR) is 77.7 cm³/mol. The molecule has 112 valence electrons. The lowest BCUT2D eigenvalue weighted by Gasteiger charge is -2.40. The fourth-order valence-electron chi connectivity index (χ4n) is 2.29. The number of allylic oxidation sites excluding steroid dienone is 2. The molecule has 0 heterocycles. The third-order valence-corrected chi connectivity index (χ3v) is 3.81. The van der Waals surface area contributed by atoms with Crippen LogP contribution in [-0.4, -0.2) is 41.8 Å². The quantitative estimate of drug-likeness (QED) is 0.832. The van der Waals surface area contributed by atoms with Gasteiger partial charge in [-0.25, -0.2) is 4.79 Å². The SMILES string of the molecule is COC1(O)C=C(Cl)C(c2ccccc2)=CC1(OC)C(=O)O. The van der Waals surface area contributed by atoms with Gasteiger partial charge in [-0.2, -0.15) is 0 Å². The van der Waals surface area contributed by atoms with E-state index in [0.29, 0.717) is 11.1 Å². The number of hydrogen-bond donors (Lipinski definition) is 2. The minimum atomic E-state index is -2.21. The van der Waals surface area contributed by atoms with Crippen LogP contribution >= 0.6 is 11.6 Å². The molecule has 0 saturated heterocycles. The summed E-state index contributed by atoms with van der Waals surface area (Å²) in [6.45, 7) is 0. The average Bonchev–Trinajstić information content (AvgIpc) is 2.48. The third-order valence-electron chi connectivity index (χ3n) is 3.50. The summed E-state index contributed by atoms with van der Waals surface area (Å²) in [5.41, 5.74) is -0.937. The van der Waals surface area contributed by atoms with Gasteiger partial charge in [0, 0.05) is 19.3 Å². The zero-order chi connectivity index (χ0) is 15.7. The summed E-state index contributed by atoms with van der Waals surface area (Å²) in [5.74, 6) is -3.59. The molecule has 6 heteroatoms. The van der Waals surface area contributed by atoms with Crippen LogP contribution in [0.2, 0.25) is 0 Å². The van der Waals surface area contributed by atoms with Crippen molar-refractivity contribution in [3.05, 3.63) is 53.1 Å². The summed E-state index contributed by atoms with van der Waals surface area (Å²) in [6, 6.07) is 8.99. The Morgan fingerprint density at radius 1 is 1.14 bits per heavy atom. The molecule has 21 heavy (non-hydrogen) atoms. The van der Waals surface area contributed by atoms with Crippen LogP contribution in [0, 0.1) is 0 Å². The van der Waals surface area contributed by atoms with Crippen molar-refractivity contribution in [2.24, 2.45) is 0 Å². The van der Waals surface area contributed by atoms with Crippen LogP contribution < -0.4 is 0 Å². The number of carboxylic acid groups (broad SMARTS) is 1. The Kier molecular flexibility index (Phi) is 4.20. The summed E-state index contributed by atoms with van der Waals surface area (Å²) in [6.07, 6.45) is 2.39. The molecular weight excluding hydrogens is 296 g/mol. The lowest BCUT2D eigenvalue weighted by atomic mass is 9.83. The Morgan fingerprint density at radius 2 is 1.76 bits per heavy atom. The van der Waals surface area contributed by atoms with Crippen molar-refractivity contribution in [2.45, 2.75) is 11.4 Å². The zero-order valence-electron chi connectivity index (χ0n) is 11.5. The maximum absolute atomic E-state index is 11.7. The smallest absolute Gasteiger partial charge is 0.346 e. The molecule has 0 fully saturated rings. The van der Waals surface area contributed by atoms with E-state index in [2.05, 4.69) is 0 Å². The van der Waals surface area contributed by atoms with Crippen LogP contribution in [0.5, 0.6) is 0 Å². The van der Waals surface area contributed by atoms with E-state index in [1.54, 1.807) is 24.3 Å². The molecule has 0 aromatic heterocycles. The average molecular weight is 311 g/mol. The fourth-order valence-corrected chi connectivity index (χ4v) is 2.60. The third kappa shape index (κ3) is 2.38. The molecule has 2 rings (SSSR count). The Morgan fingerprint density at radius 3 is 2.24 bits per heavy atom. The van der Waals surface area contributed by atoms with E-state index in [0.717, 1.165) is 6.08 Å². The van der Waals surface area contributed by atoms with Gasteiger partial charge < -0.3 is 19.7 Å². The molecule has 0 amide bonds. The van der Waals surface area contributed by atoms with E-state index in [1.165, 1.54) is 20.3 Å². The van der Waals surface area contributed by atoms with Gasteiger partial charge in [0.25, 0.3) is 0 Å². The summed E-state index contributed by atoms with van der Waals surface area (Å²) >= 11 is 6.17. The molecule has 1 aliphatic carbocycles. The largest absolute Gasteiger partial charge is 0.479 e. The first kappa shape index (κ1) is 15.7. The summed E-state index contributed by atoms with van der Waals surface area (Å²) in [7, 11) is 2.36. The van der Waals surface area contributed by atoms with Crippen LogP contribution in [0.1, 0.15) is 5.56 Å². The minimum absolute atomic E-state index is 0.180. The first-order valence-electron chi connectivity index (χ1n) is 6.13. The van der Waals surface area contributed by atoms with Crippen LogP contribution in [0.3, 0.4) is 0 Å². The number of hydrogen-bond acceptors (Lipinski definition) is 4. The number of carbonyl (C=O) groups is 1. The second-order valence-electron chi connectivity index (χ2n) is 4.56. The van der Waals surface area contributed by atoms with Crippen LogP contribution in [-0.2, 0) is 14.3 Å². The van der Waals surface area contributed by atoms with Crippen molar-refractivity contribution in [3.63, 3.8) is 0 Å². The molecule has 0 radical (unpaired) electrons. The van der Waals surface area contributed by atoms with Crippen molar-refractivity contribution in [1.29, 1.82) is 0 Å². The van der Waals surface area contributed by atoms with Crippen molar-refractivity contribution in [3.8, 4) is 0 Å². The fraction of sp³-hybridized carbons (Fsp3) is 0.267. The number of ether oxygens (including phenoxy) is 2. The zero-order valence-corrected chi connectivity index (χ0v) is 12.3. The van der Waals surface area contributed by atoms with Gasteiger partial charge in [0.05, 0.1) is 0 Å². The lowest BCUT2D eigenvalue weighted by molar-refractivity contribution is -0.251. The highest BCUT2D eigenvalue weighted by Gasteiger charge is 2.58. The number of carboxylic acids is 1. The highest BCUT2D eigenvalue weighted by molar-refractivity contribution is 6.37. The molecule has 0 spiro atoms. The van der Waals surface area contributed by atoms with Gasteiger partial charge >= 0.3 is 5.97 Å². The Balaban J connectivity index is 2.67. The van der Waals surface area contributed by atoms with Gasteiger partial charge in [-0.05, 0) is 23.3 Å². The topological polar surface area (TPSA) is 76.0 Å². The maximum Gasteiger partial charge on any atom is 0.346 e. The van der Waals surface area contributed by atoms with Crippen LogP contribution in [0.4, 0.5) is 0 Å². The van der Waals surface area contributed by atoms with Gasteiger partial charge in [0.15, 0.2) is 0 Å². The molecular formula is C15H15ClO5. The number of aliphatic hydroxyl groups is 1. The molecule has 1 aliphatic rings. The van der Waals surface area contributed by atoms with E-state index >= 15 is 0 Å². The predicted octanol–water partition coefficient (Wildman–Crippen LogP) is 2.01. The van der Waals surface area contributed by atoms with E-state index in [-0.39, 0.29) is 5.03 Å². The van der Waals surface area contributed by atoms with Crippen molar-refractivity contribution in [2.75, 3.05) is 14.2 Å². The molecule has 0 saturated carbocycles. The summed E-state index contributed by atoms with van der Waals surface area (Å²) in [4.78, 5) is 11.7. The summed E-state index contributed by atoms with van der Waals surface area (Å²) in [5, 5.41) is 20.2. The van der Waals surface area contributed by atoms with Crippen LogP contribution in [0.25, 0.3) is 5.57 Å². The highest BCUT2D eigenvalue weighted by Crippen LogP contribution is 2.42. The second kappa shape index (κ2) is 5.61. The standard InChI is InChI=1S/C15H15ClO5/c1-20-14(13(17)18)8-11(10-6-4-3-5-7-10)12(16)9-15(14,19)21-2/h3-9,19H,1-2H3,(H,17,18). The van der Waals surface area contributed by atoms with E-state index < -0.39 is 17.4 Å². The molecule has 0 aliphatic heterocycles. The second-order valence-corrected chi connectivity index (χ2v) is 4.97. The van der Waals surface area contributed by atoms with E-state index in [9.17, 15) is 15.0 Å². The Hall–Kier alpha value is -1.66. The number of methoxy groups -OCH3 is 2. The van der Waals surface area contributed by atoms with Crippen molar-refractivity contribution in [1.82, 2.24) is 0 Å². The highest BCUT2D eigenvalue weighted by atomic mass is 35.5. The van der Waals surface area contributed by atoms with Crippen LogP contribution in [0.15, 0.2) is 47.5 Å². The molecule has 1 aromatic carbocycles. The monoisotopic (exact) mass is 310 g/mol. The molecule has 2 N–H and O–H groups in total. The number of aliphatic carboxylic acids is 1. The first-order valence-corrected chi connectivity index (χ1v) is 6.51. The molecule has 2 unspecified atom stereocenters. The molecule has 2 atom stereocenters. The van der Waals surface area contributed by atoms with Gasteiger partial charge in [-0.1, -0.05) is 41.9 Å². The van der Waals surface area contributed by atoms with Crippen molar-refractivity contribution < 1.29 is 24.5 Å². The van der Waals surface area contributed by atoms with Gasteiger partial charge in [-0.15, -0.1) is 0 Å². The van der Waals surface area contributed by atoms with Gasteiger partial charge in [-0.3, -0.25) is 0 Å². The Bertz CT molecular complexity index is 610. The lowest BCUT2D eigenvalue weighted by Crippen LogP contribution is -2.60. The normalized spacial score (nSPS) is 28.8.